The molecule has 1 rings (SSSR count). The predicted octanol–water partition coefficient (Wildman–Crippen LogP) is 0.506. The van der Waals surface area contributed by atoms with E-state index in [-0.39, 0.29) is 16.4 Å². The number of aromatic carboxylic acids is 1. The molecule has 74 valence electrons. The van der Waals surface area contributed by atoms with E-state index in [9.17, 15) is 9.59 Å². The summed E-state index contributed by atoms with van der Waals surface area (Å²) < 4.78 is 0. The molecule has 1 amide bonds. The van der Waals surface area contributed by atoms with Crippen LogP contribution in [0.4, 0.5) is 5.82 Å². The van der Waals surface area contributed by atoms with Crippen molar-refractivity contribution in [2.45, 2.75) is 0 Å². The van der Waals surface area contributed by atoms with Crippen molar-refractivity contribution in [1.29, 1.82) is 0 Å². The van der Waals surface area contributed by atoms with Gasteiger partial charge in [-0.15, -0.1) is 0 Å². The van der Waals surface area contributed by atoms with Gasteiger partial charge in [-0.1, -0.05) is 11.6 Å². The molecule has 0 aliphatic carbocycles. The largest absolute Gasteiger partial charge is 0.478 e. The van der Waals surface area contributed by atoms with E-state index < -0.39 is 5.97 Å². The van der Waals surface area contributed by atoms with Crippen molar-refractivity contribution in [2.75, 3.05) is 5.43 Å². The molecule has 6 nitrogen and oxygen atoms in total. The van der Waals surface area contributed by atoms with Gasteiger partial charge in [-0.3, -0.25) is 15.6 Å². The number of nitrogens with zero attached hydrogens (tertiary/aromatic N) is 1. The lowest BCUT2D eigenvalue weighted by Crippen LogP contribution is -2.20. The van der Waals surface area contributed by atoms with Crippen LogP contribution in [0.25, 0.3) is 0 Å². The summed E-state index contributed by atoms with van der Waals surface area (Å²) in [7, 11) is 0. The first-order valence-corrected chi connectivity index (χ1v) is 3.87. The van der Waals surface area contributed by atoms with E-state index in [1.807, 2.05) is 0 Å². The Morgan fingerprint density at radius 2 is 2.36 bits per heavy atom. The summed E-state index contributed by atoms with van der Waals surface area (Å²) >= 11 is 5.66. The zero-order valence-corrected chi connectivity index (χ0v) is 7.58. The molecule has 0 saturated carbocycles. The fourth-order valence-corrected chi connectivity index (χ4v) is 0.958. The van der Waals surface area contributed by atoms with Gasteiger partial charge in [-0.05, 0) is 6.07 Å². The first-order chi connectivity index (χ1) is 6.65. The van der Waals surface area contributed by atoms with Gasteiger partial charge in [0.05, 0.1) is 10.6 Å². The third kappa shape index (κ3) is 2.33. The normalized spacial score (nSPS) is 9.21. The van der Waals surface area contributed by atoms with Crippen molar-refractivity contribution >= 4 is 29.8 Å². The Kier molecular flexibility index (Phi) is 3.24. The predicted molar refractivity (Wildman–Crippen MR) is 49.0 cm³/mol. The van der Waals surface area contributed by atoms with Gasteiger partial charge in [-0.25, -0.2) is 9.78 Å². The number of anilines is 1. The second kappa shape index (κ2) is 4.43. The van der Waals surface area contributed by atoms with Crippen LogP contribution >= 0.6 is 11.6 Å². The maximum absolute atomic E-state index is 10.5. The Bertz CT molecular complexity index is 369. The molecule has 0 spiro atoms. The van der Waals surface area contributed by atoms with Gasteiger partial charge < -0.3 is 5.11 Å². The maximum atomic E-state index is 10.5. The highest BCUT2D eigenvalue weighted by Gasteiger charge is 2.07. The topological polar surface area (TPSA) is 91.3 Å². The Morgan fingerprint density at radius 1 is 1.64 bits per heavy atom. The van der Waals surface area contributed by atoms with Crippen LogP contribution in [0.15, 0.2) is 12.3 Å². The van der Waals surface area contributed by atoms with Crippen LogP contribution in [0.1, 0.15) is 10.4 Å². The fraction of sp³-hybridized carbons (Fsp3) is 0. The van der Waals surface area contributed by atoms with Gasteiger partial charge in [0.1, 0.15) is 0 Å². The Balaban J connectivity index is 2.89. The van der Waals surface area contributed by atoms with Crippen molar-refractivity contribution in [3.63, 3.8) is 0 Å². The zero-order chi connectivity index (χ0) is 10.6. The number of hydrazine groups is 1. The lowest BCUT2D eigenvalue weighted by Gasteiger charge is -2.05. The van der Waals surface area contributed by atoms with Crippen LogP contribution in [-0.4, -0.2) is 22.5 Å². The van der Waals surface area contributed by atoms with E-state index >= 15 is 0 Å². The molecule has 0 atom stereocenters. The molecule has 1 aromatic heterocycles. The molecule has 1 aromatic rings. The van der Waals surface area contributed by atoms with E-state index in [4.69, 9.17) is 16.7 Å². The number of halogens is 1. The standard InChI is InChI=1S/C7H6ClN3O3/c8-5-1-4(7(13)14)2-9-6(5)11-10-3-12/h1-3H,(H,9,11)(H,10,12)(H,13,14). The van der Waals surface area contributed by atoms with E-state index in [1.165, 1.54) is 6.07 Å². The maximum Gasteiger partial charge on any atom is 0.337 e. The smallest absolute Gasteiger partial charge is 0.337 e. The number of pyridine rings is 1. The molecule has 0 radical (unpaired) electrons. The number of carbonyl (C=O) groups is 2. The molecule has 0 aromatic carbocycles. The summed E-state index contributed by atoms with van der Waals surface area (Å²) in [5.41, 5.74) is 4.48. The quantitative estimate of drug-likeness (QED) is 0.503. The second-order valence-electron chi connectivity index (χ2n) is 2.25. The molecule has 0 saturated heterocycles. The summed E-state index contributed by atoms with van der Waals surface area (Å²) in [6.07, 6.45) is 1.53. The molecule has 1 heterocycles. The summed E-state index contributed by atoms with van der Waals surface area (Å²) in [5.74, 6) is -0.932. The summed E-state index contributed by atoms with van der Waals surface area (Å²) in [4.78, 5) is 24.1. The molecule has 14 heavy (non-hydrogen) atoms. The first kappa shape index (κ1) is 10.3. The summed E-state index contributed by atoms with van der Waals surface area (Å²) in [6.45, 7) is 0. The van der Waals surface area contributed by atoms with Gasteiger partial charge >= 0.3 is 5.97 Å². The number of aromatic nitrogens is 1. The number of hydrogen-bond donors (Lipinski definition) is 3. The number of amides is 1. The van der Waals surface area contributed by atoms with Crippen LogP contribution < -0.4 is 10.9 Å². The molecule has 7 heteroatoms. The average Bonchev–Trinajstić information content (AvgIpc) is 2.15. The van der Waals surface area contributed by atoms with E-state index in [0.29, 0.717) is 6.41 Å². The van der Waals surface area contributed by atoms with Gasteiger partial charge in [0, 0.05) is 6.20 Å². The van der Waals surface area contributed by atoms with Crippen LogP contribution in [0.5, 0.6) is 0 Å². The monoisotopic (exact) mass is 215 g/mol. The van der Waals surface area contributed by atoms with Gasteiger partial charge in [0.25, 0.3) is 0 Å². The lowest BCUT2D eigenvalue weighted by molar-refractivity contribution is -0.109. The van der Waals surface area contributed by atoms with Crippen molar-refractivity contribution in [1.82, 2.24) is 10.4 Å². The number of carbonyl (C=O) groups excluding carboxylic acids is 1. The molecule has 0 aliphatic rings. The number of carboxylic acid groups (broad SMARTS) is 1. The van der Waals surface area contributed by atoms with Crippen LogP contribution in [0, 0.1) is 0 Å². The van der Waals surface area contributed by atoms with Gasteiger partial charge in [0.15, 0.2) is 5.82 Å². The third-order valence-electron chi connectivity index (χ3n) is 1.34. The van der Waals surface area contributed by atoms with Crippen molar-refractivity contribution in [2.24, 2.45) is 0 Å². The van der Waals surface area contributed by atoms with Crippen molar-refractivity contribution < 1.29 is 14.7 Å². The van der Waals surface area contributed by atoms with Crippen LogP contribution in [0.2, 0.25) is 5.02 Å². The average molecular weight is 216 g/mol. The molecular formula is C7H6ClN3O3. The minimum absolute atomic E-state index is 0.0216. The zero-order valence-electron chi connectivity index (χ0n) is 6.82. The Labute approximate surface area is 83.9 Å². The number of carboxylic acids is 1. The second-order valence-corrected chi connectivity index (χ2v) is 2.65. The Morgan fingerprint density at radius 3 is 2.86 bits per heavy atom. The molecule has 0 bridgehead atoms. The van der Waals surface area contributed by atoms with Crippen molar-refractivity contribution in [3.8, 4) is 0 Å². The van der Waals surface area contributed by atoms with Gasteiger partial charge in [0.2, 0.25) is 6.41 Å². The highest BCUT2D eigenvalue weighted by molar-refractivity contribution is 6.33. The lowest BCUT2D eigenvalue weighted by atomic mass is 10.3. The molecule has 0 fully saturated rings. The highest BCUT2D eigenvalue weighted by atomic mass is 35.5. The minimum atomic E-state index is -1.12. The number of hydrogen-bond acceptors (Lipinski definition) is 4. The summed E-state index contributed by atoms with van der Waals surface area (Å²) in [6, 6.07) is 1.23. The highest BCUT2D eigenvalue weighted by Crippen LogP contribution is 2.18. The van der Waals surface area contributed by atoms with Gasteiger partial charge in [-0.2, -0.15) is 0 Å². The third-order valence-corrected chi connectivity index (χ3v) is 1.63. The molecule has 3 N–H and O–H groups in total. The minimum Gasteiger partial charge on any atom is -0.478 e. The number of rotatable bonds is 4. The van der Waals surface area contributed by atoms with E-state index in [2.05, 4.69) is 15.8 Å². The molecule has 0 unspecified atom stereocenters. The van der Waals surface area contributed by atoms with Crippen molar-refractivity contribution in [3.05, 3.63) is 22.8 Å². The molecule has 0 aliphatic heterocycles. The number of nitrogens with one attached hydrogen (secondary N) is 2. The van der Waals surface area contributed by atoms with Crippen LogP contribution in [0.3, 0.4) is 0 Å². The Hall–Kier alpha value is -1.82. The fourth-order valence-electron chi connectivity index (χ4n) is 0.745. The van der Waals surface area contributed by atoms with E-state index in [0.717, 1.165) is 6.20 Å². The first-order valence-electron chi connectivity index (χ1n) is 3.49. The SMILES string of the molecule is O=CNNc1ncc(C(=O)O)cc1Cl. The summed E-state index contributed by atoms with van der Waals surface area (Å²) in [5, 5.41) is 8.70. The molecular weight excluding hydrogens is 210 g/mol. The van der Waals surface area contributed by atoms with Crippen LogP contribution in [-0.2, 0) is 4.79 Å². The van der Waals surface area contributed by atoms with E-state index in [1.54, 1.807) is 0 Å².